The van der Waals surface area contributed by atoms with Crippen molar-refractivity contribution in [3.63, 3.8) is 0 Å². The molecule has 0 aliphatic rings. The third-order valence-corrected chi connectivity index (χ3v) is 3.47. The van der Waals surface area contributed by atoms with Crippen LogP contribution in [-0.4, -0.2) is 12.1 Å². The summed E-state index contributed by atoms with van der Waals surface area (Å²) in [4.78, 5) is 11.8. The normalized spacial score (nSPS) is 10.7. The summed E-state index contributed by atoms with van der Waals surface area (Å²) in [5.41, 5.74) is 4.36. The van der Waals surface area contributed by atoms with Gasteiger partial charge in [-0.15, -0.1) is 0 Å². The Morgan fingerprint density at radius 3 is 2.55 bits per heavy atom. The van der Waals surface area contributed by atoms with Crippen molar-refractivity contribution in [1.29, 1.82) is 0 Å². The van der Waals surface area contributed by atoms with Crippen LogP contribution in [0.25, 0.3) is 0 Å². The lowest BCUT2D eigenvalue weighted by atomic mass is 10.1. The lowest BCUT2D eigenvalue weighted by Crippen LogP contribution is -2.17. The Balaban J connectivity index is 1.79. The van der Waals surface area contributed by atoms with E-state index in [1.165, 1.54) is 5.56 Å². The predicted molar refractivity (Wildman–Crippen MR) is 84.9 cm³/mol. The maximum atomic E-state index is 11.8. The highest BCUT2D eigenvalue weighted by molar-refractivity contribution is 9.10. The van der Waals surface area contributed by atoms with E-state index < -0.39 is 0 Å². The number of nitrogens with zero attached hydrogens (tertiary/aromatic N) is 1. The number of amides is 1. The third kappa shape index (κ3) is 4.31. The Morgan fingerprint density at radius 1 is 1.10 bits per heavy atom. The van der Waals surface area contributed by atoms with E-state index in [0.717, 1.165) is 17.3 Å². The van der Waals surface area contributed by atoms with Gasteiger partial charge in [-0.3, -0.25) is 4.79 Å². The maximum absolute atomic E-state index is 11.8. The van der Waals surface area contributed by atoms with Gasteiger partial charge in [0.25, 0.3) is 5.91 Å². The molecule has 0 radical (unpaired) electrons. The molecule has 20 heavy (non-hydrogen) atoms. The van der Waals surface area contributed by atoms with Crippen LogP contribution in [0, 0.1) is 0 Å². The third-order valence-electron chi connectivity index (χ3n) is 2.78. The first kappa shape index (κ1) is 14.5. The van der Waals surface area contributed by atoms with E-state index >= 15 is 0 Å². The average Bonchev–Trinajstić information content (AvgIpc) is 2.48. The van der Waals surface area contributed by atoms with Crippen molar-refractivity contribution in [2.75, 3.05) is 0 Å². The molecule has 1 amide bonds. The molecule has 0 unspecified atom stereocenters. The summed E-state index contributed by atoms with van der Waals surface area (Å²) in [6.07, 6.45) is 3.43. The summed E-state index contributed by atoms with van der Waals surface area (Å²) < 4.78 is 0.761. The summed E-state index contributed by atoms with van der Waals surface area (Å²) in [6, 6.07) is 17.4. The van der Waals surface area contributed by atoms with Crippen LogP contribution in [0.4, 0.5) is 0 Å². The topological polar surface area (TPSA) is 41.5 Å². The highest BCUT2D eigenvalue weighted by Gasteiger charge is 2.06. The molecule has 102 valence electrons. The SMILES string of the molecule is O=C(NN=CCCc1ccccc1)c1ccccc1Br. The smallest absolute Gasteiger partial charge is 0.267 e. The summed E-state index contributed by atoms with van der Waals surface area (Å²) in [7, 11) is 0. The van der Waals surface area contributed by atoms with Crippen molar-refractivity contribution in [2.45, 2.75) is 12.8 Å². The molecule has 2 aromatic rings. The van der Waals surface area contributed by atoms with Gasteiger partial charge in [0.05, 0.1) is 5.56 Å². The van der Waals surface area contributed by atoms with Crippen molar-refractivity contribution in [3.05, 3.63) is 70.2 Å². The molecule has 0 bridgehead atoms. The predicted octanol–water partition coefficient (Wildman–Crippen LogP) is 3.80. The number of hydrogen-bond donors (Lipinski definition) is 1. The number of nitrogens with one attached hydrogen (secondary N) is 1. The van der Waals surface area contributed by atoms with Gasteiger partial charge in [0.1, 0.15) is 0 Å². The molecule has 0 aromatic heterocycles. The molecule has 2 aromatic carbocycles. The molecule has 0 aliphatic heterocycles. The van der Waals surface area contributed by atoms with Crippen molar-refractivity contribution < 1.29 is 4.79 Å². The van der Waals surface area contributed by atoms with Crippen molar-refractivity contribution in [3.8, 4) is 0 Å². The lowest BCUT2D eigenvalue weighted by Gasteiger charge is -2.01. The van der Waals surface area contributed by atoms with Crippen LogP contribution in [0.15, 0.2) is 64.2 Å². The summed E-state index contributed by atoms with van der Waals surface area (Å²) in [5.74, 6) is -0.214. The van der Waals surface area contributed by atoms with Crippen molar-refractivity contribution in [1.82, 2.24) is 5.43 Å². The van der Waals surface area contributed by atoms with E-state index in [2.05, 4.69) is 38.6 Å². The van der Waals surface area contributed by atoms with Gasteiger partial charge in [0.15, 0.2) is 0 Å². The van der Waals surface area contributed by atoms with Gasteiger partial charge in [-0.2, -0.15) is 5.10 Å². The van der Waals surface area contributed by atoms with Crippen molar-refractivity contribution >= 4 is 28.1 Å². The number of hydrazone groups is 1. The molecule has 2 rings (SSSR count). The van der Waals surface area contributed by atoms with Crippen LogP contribution >= 0.6 is 15.9 Å². The van der Waals surface area contributed by atoms with Crippen LogP contribution in [0.2, 0.25) is 0 Å². The summed E-state index contributed by atoms with van der Waals surface area (Å²) in [5, 5.41) is 3.96. The Hall–Kier alpha value is -1.94. The van der Waals surface area contributed by atoms with Crippen LogP contribution in [0.3, 0.4) is 0 Å². The Kier molecular flexibility index (Phi) is 5.50. The number of hydrogen-bond acceptors (Lipinski definition) is 2. The number of rotatable bonds is 5. The van der Waals surface area contributed by atoms with E-state index in [1.54, 1.807) is 12.3 Å². The standard InChI is InChI=1S/C16H15BrN2O/c17-15-11-5-4-10-14(15)16(20)19-18-12-6-9-13-7-2-1-3-8-13/h1-5,7-8,10-12H,6,9H2,(H,19,20). The molecule has 3 nitrogen and oxygen atoms in total. The molecule has 0 saturated heterocycles. The van der Waals surface area contributed by atoms with Crippen molar-refractivity contribution in [2.24, 2.45) is 5.10 Å². The Labute approximate surface area is 126 Å². The fourth-order valence-corrected chi connectivity index (χ4v) is 2.22. The molecule has 0 aliphatic carbocycles. The second-order valence-corrected chi connectivity index (χ2v) is 5.11. The first-order valence-corrected chi connectivity index (χ1v) is 7.17. The minimum atomic E-state index is -0.214. The molecule has 0 spiro atoms. The van der Waals surface area contributed by atoms with Gasteiger partial charge in [0.2, 0.25) is 0 Å². The largest absolute Gasteiger partial charge is 0.272 e. The van der Waals surface area contributed by atoms with Crippen LogP contribution in [0.1, 0.15) is 22.3 Å². The van der Waals surface area contributed by atoms with Crippen LogP contribution in [0.5, 0.6) is 0 Å². The summed E-state index contributed by atoms with van der Waals surface area (Å²) >= 11 is 3.34. The van der Waals surface area contributed by atoms with E-state index in [4.69, 9.17) is 0 Å². The van der Waals surface area contributed by atoms with Gasteiger partial charge in [-0.25, -0.2) is 5.43 Å². The Bertz CT molecular complexity index is 596. The molecular formula is C16H15BrN2O. The minimum Gasteiger partial charge on any atom is -0.267 e. The monoisotopic (exact) mass is 330 g/mol. The zero-order valence-corrected chi connectivity index (χ0v) is 12.5. The van der Waals surface area contributed by atoms with Crippen LogP contribution < -0.4 is 5.43 Å². The van der Waals surface area contributed by atoms with Gasteiger partial charge in [-0.05, 0) is 46.5 Å². The van der Waals surface area contributed by atoms with E-state index in [-0.39, 0.29) is 5.91 Å². The maximum Gasteiger partial charge on any atom is 0.272 e. The molecule has 1 N–H and O–H groups in total. The number of carbonyl (C=O) groups excluding carboxylic acids is 1. The van der Waals surface area contributed by atoms with Gasteiger partial charge in [0, 0.05) is 10.7 Å². The Morgan fingerprint density at radius 2 is 1.80 bits per heavy atom. The minimum absolute atomic E-state index is 0.214. The average molecular weight is 331 g/mol. The zero-order valence-electron chi connectivity index (χ0n) is 10.9. The quantitative estimate of drug-likeness (QED) is 0.657. The van der Waals surface area contributed by atoms with E-state index in [0.29, 0.717) is 5.56 Å². The highest BCUT2D eigenvalue weighted by Crippen LogP contribution is 2.15. The second kappa shape index (κ2) is 7.60. The lowest BCUT2D eigenvalue weighted by molar-refractivity contribution is 0.0954. The van der Waals surface area contributed by atoms with Gasteiger partial charge < -0.3 is 0 Å². The van der Waals surface area contributed by atoms with Gasteiger partial charge >= 0.3 is 0 Å². The van der Waals surface area contributed by atoms with E-state index in [1.807, 2.05) is 36.4 Å². The number of benzene rings is 2. The molecular weight excluding hydrogens is 316 g/mol. The molecule has 0 atom stereocenters. The fraction of sp³-hybridized carbons (Fsp3) is 0.125. The van der Waals surface area contributed by atoms with Crippen LogP contribution in [-0.2, 0) is 6.42 Å². The first-order valence-electron chi connectivity index (χ1n) is 6.37. The first-order chi connectivity index (χ1) is 9.77. The molecule has 4 heteroatoms. The molecule has 0 fully saturated rings. The van der Waals surface area contributed by atoms with E-state index in [9.17, 15) is 4.79 Å². The molecule has 0 heterocycles. The zero-order chi connectivity index (χ0) is 14.2. The fourth-order valence-electron chi connectivity index (χ4n) is 1.75. The summed E-state index contributed by atoms with van der Waals surface area (Å²) in [6.45, 7) is 0. The highest BCUT2D eigenvalue weighted by atomic mass is 79.9. The number of aryl methyl sites for hydroxylation is 1. The van der Waals surface area contributed by atoms with Gasteiger partial charge in [-0.1, -0.05) is 42.5 Å². The number of halogens is 1. The molecule has 0 saturated carbocycles. The second-order valence-electron chi connectivity index (χ2n) is 4.26. The number of carbonyl (C=O) groups is 1.